The Morgan fingerprint density at radius 1 is 1.45 bits per heavy atom. The van der Waals surface area contributed by atoms with Crippen molar-refractivity contribution in [2.45, 2.75) is 13.0 Å². The van der Waals surface area contributed by atoms with Gasteiger partial charge in [0, 0.05) is 6.26 Å². The van der Waals surface area contributed by atoms with Gasteiger partial charge in [0.1, 0.15) is 29.0 Å². The monoisotopic (exact) mass is 303 g/mol. The number of hydrogen-bond acceptors (Lipinski definition) is 6. The van der Waals surface area contributed by atoms with Crippen molar-refractivity contribution in [3.63, 3.8) is 0 Å². The van der Waals surface area contributed by atoms with Gasteiger partial charge in [-0.2, -0.15) is 5.26 Å². The standard InChI is InChI=1S/C11H17N3O5S/c1-3-4-7-19-11(16)14-9(8-20(2,17)18)10(15)13-6-5-12/h3-4,9H,6-8H2,1-2H3,(H,13,15)(H,14,16). The van der Waals surface area contributed by atoms with Crippen molar-refractivity contribution in [1.29, 1.82) is 5.26 Å². The van der Waals surface area contributed by atoms with E-state index in [-0.39, 0.29) is 13.2 Å². The number of amides is 2. The Morgan fingerprint density at radius 2 is 2.10 bits per heavy atom. The summed E-state index contributed by atoms with van der Waals surface area (Å²) in [5.41, 5.74) is 0. The first-order chi connectivity index (χ1) is 9.30. The molecule has 0 aromatic heterocycles. The number of carbonyl (C=O) groups excluding carboxylic acids is 2. The van der Waals surface area contributed by atoms with Crippen molar-refractivity contribution in [1.82, 2.24) is 10.6 Å². The molecule has 0 heterocycles. The highest BCUT2D eigenvalue weighted by Crippen LogP contribution is 1.94. The number of nitrogens with zero attached hydrogens (tertiary/aromatic N) is 1. The van der Waals surface area contributed by atoms with Crippen LogP contribution in [0.4, 0.5) is 4.79 Å². The van der Waals surface area contributed by atoms with Gasteiger partial charge in [0.2, 0.25) is 5.91 Å². The molecule has 0 aromatic rings. The van der Waals surface area contributed by atoms with E-state index in [4.69, 9.17) is 10.00 Å². The van der Waals surface area contributed by atoms with Crippen molar-refractivity contribution >= 4 is 21.8 Å². The molecule has 20 heavy (non-hydrogen) atoms. The molecule has 0 radical (unpaired) electrons. The van der Waals surface area contributed by atoms with Crippen LogP contribution in [-0.4, -0.2) is 51.6 Å². The molecule has 1 unspecified atom stereocenters. The third kappa shape index (κ3) is 8.93. The van der Waals surface area contributed by atoms with E-state index in [1.807, 2.05) is 0 Å². The second kappa shape index (κ2) is 8.92. The van der Waals surface area contributed by atoms with Gasteiger partial charge >= 0.3 is 6.09 Å². The summed E-state index contributed by atoms with van der Waals surface area (Å²) in [5.74, 6) is -1.34. The molecule has 0 fully saturated rings. The Bertz CT molecular complexity index is 507. The van der Waals surface area contributed by atoms with Gasteiger partial charge in [-0.25, -0.2) is 13.2 Å². The van der Waals surface area contributed by atoms with Crippen LogP contribution in [0.3, 0.4) is 0 Å². The molecule has 0 saturated heterocycles. The molecule has 112 valence electrons. The molecule has 2 N–H and O–H groups in total. The molecule has 9 heteroatoms. The Balaban J connectivity index is 4.64. The molecule has 0 aliphatic heterocycles. The van der Waals surface area contributed by atoms with E-state index in [0.29, 0.717) is 0 Å². The van der Waals surface area contributed by atoms with Gasteiger partial charge in [0.15, 0.2) is 0 Å². The first-order valence-corrected chi connectivity index (χ1v) is 7.73. The van der Waals surface area contributed by atoms with Crippen LogP contribution in [0, 0.1) is 11.3 Å². The van der Waals surface area contributed by atoms with E-state index in [0.717, 1.165) is 6.26 Å². The van der Waals surface area contributed by atoms with Crippen molar-refractivity contribution < 1.29 is 22.7 Å². The molecular weight excluding hydrogens is 286 g/mol. The molecule has 2 amide bonds. The second-order valence-corrected chi connectivity index (χ2v) is 6.02. The lowest BCUT2D eigenvalue weighted by atomic mass is 10.3. The van der Waals surface area contributed by atoms with E-state index in [2.05, 4.69) is 10.6 Å². The van der Waals surface area contributed by atoms with E-state index in [1.165, 1.54) is 0 Å². The maximum atomic E-state index is 11.6. The summed E-state index contributed by atoms with van der Waals surface area (Å²) in [6.07, 6.45) is 3.26. The van der Waals surface area contributed by atoms with Crippen LogP contribution >= 0.6 is 0 Å². The van der Waals surface area contributed by atoms with E-state index in [1.54, 1.807) is 25.1 Å². The fourth-order valence-electron chi connectivity index (χ4n) is 1.14. The molecule has 0 rings (SSSR count). The Labute approximate surface area is 117 Å². The van der Waals surface area contributed by atoms with Gasteiger partial charge in [-0.3, -0.25) is 4.79 Å². The molecule has 0 spiro atoms. The topological polar surface area (TPSA) is 125 Å². The highest BCUT2D eigenvalue weighted by atomic mass is 32.2. The number of nitriles is 1. The van der Waals surface area contributed by atoms with Crippen LogP contribution in [0.2, 0.25) is 0 Å². The van der Waals surface area contributed by atoms with Crippen molar-refractivity contribution in [3.8, 4) is 6.07 Å². The second-order valence-electron chi connectivity index (χ2n) is 3.83. The number of carbonyl (C=O) groups is 2. The van der Waals surface area contributed by atoms with E-state index < -0.39 is 33.6 Å². The zero-order valence-corrected chi connectivity index (χ0v) is 12.1. The molecule has 0 saturated carbocycles. The van der Waals surface area contributed by atoms with Crippen LogP contribution in [0.15, 0.2) is 12.2 Å². The third-order valence-corrected chi connectivity index (χ3v) is 2.90. The minimum atomic E-state index is -3.49. The summed E-state index contributed by atoms with van der Waals surface area (Å²) in [6, 6.07) is 0.368. The lowest BCUT2D eigenvalue weighted by Crippen LogP contribution is -2.50. The van der Waals surface area contributed by atoms with Gasteiger partial charge in [0.25, 0.3) is 0 Å². The van der Waals surface area contributed by atoms with Gasteiger partial charge in [-0.15, -0.1) is 0 Å². The summed E-state index contributed by atoms with van der Waals surface area (Å²) >= 11 is 0. The number of rotatable bonds is 7. The van der Waals surface area contributed by atoms with Crippen LogP contribution in [0.1, 0.15) is 6.92 Å². The number of ether oxygens (including phenoxy) is 1. The number of sulfone groups is 1. The van der Waals surface area contributed by atoms with Crippen molar-refractivity contribution in [2.24, 2.45) is 0 Å². The number of allylic oxidation sites excluding steroid dienone is 1. The number of hydrogen-bond donors (Lipinski definition) is 2. The van der Waals surface area contributed by atoms with Gasteiger partial charge in [-0.05, 0) is 6.92 Å². The minimum absolute atomic E-state index is 0.00768. The molecule has 1 atom stereocenters. The lowest BCUT2D eigenvalue weighted by Gasteiger charge is -2.16. The Kier molecular flexibility index (Phi) is 8.00. The van der Waals surface area contributed by atoms with Crippen LogP contribution in [-0.2, 0) is 19.4 Å². The summed E-state index contributed by atoms with van der Waals surface area (Å²) in [5, 5.41) is 12.7. The zero-order valence-electron chi connectivity index (χ0n) is 11.3. The minimum Gasteiger partial charge on any atom is -0.445 e. The molecule has 0 aliphatic carbocycles. The number of alkyl carbamates (subject to hydrolysis) is 1. The zero-order chi connectivity index (χ0) is 15.6. The Hall–Kier alpha value is -2.08. The third-order valence-electron chi connectivity index (χ3n) is 1.97. The van der Waals surface area contributed by atoms with Crippen molar-refractivity contribution in [2.75, 3.05) is 25.2 Å². The highest BCUT2D eigenvalue weighted by Gasteiger charge is 2.25. The van der Waals surface area contributed by atoms with Crippen LogP contribution in [0.25, 0.3) is 0 Å². The van der Waals surface area contributed by atoms with E-state index in [9.17, 15) is 18.0 Å². The molecule has 8 nitrogen and oxygen atoms in total. The van der Waals surface area contributed by atoms with Crippen molar-refractivity contribution in [3.05, 3.63) is 12.2 Å². The maximum Gasteiger partial charge on any atom is 0.408 e. The summed E-state index contributed by atoms with van der Waals surface area (Å²) < 4.78 is 27.1. The fourth-order valence-corrected chi connectivity index (χ4v) is 1.98. The summed E-state index contributed by atoms with van der Waals surface area (Å²) in [7, 11) is -3.49. The fraction of sp³-hybridized carbons (Fsp3) is 0.545. The predicted octanol–water partition coefficient (Wildman–Crippen LogP) is -0.658. The first-order valence-electron chi connectivity index (χ1n) is 5.67. The SMILES string of the molecule is CC=CCOC(=O)NC(CS(C)(=O)=O)C(=O)NCC#N. The molecule has 0 aliphatic rings. The molecular formula is C11H17N3O5S. The summed E-state index contributed by atoms with van der Waals surface area (Å²) in [6.45, 7) is 1.46. The van der Waals surface area contributed by atoms with E-state index >= 15 is 0 Å². The lowest BCUT2D eigenvalue weighted by molar-refractivity contribution is -0.122. The van der Waals surface area contributed by atoms with Gasteiger partial charge < -0.3 is 15.4 Å². The maximum absolute atomic E-state index is 11.6. The largest absolute Gasteiger partial charge is 0.445 e. The average Bonchev–Trinajstić information content (AvgIpc) is 2.33. The summed E-state index contributed by atoms with van der Waals surface area (Å²) in [4.78, 5) is 23.0. The molecule has 0 bridgehead atoms. The normalized spacial score (nSPS) is 12.4. The van der Waals surface area contributed by atoms with Crippen LogP contribution < -0.4 is 10.6 Å². The quantitative estimate of drug-likeness (QED) is 0.475. The number of nitrogens with one attached hydrogen (secondary N) is 2. The first kappa shape index (κ1) is 17.9. The van der Waals surface area contributed by atoms with Gasteiger partial charge in [0.05, 0.1) is 11.8 Å². The van der Waals surface area contributed by atoms with Gasteiger partial charge in [-0.1, -0.05) is 12.2 Å². The predicted molar refractivity (Wildman–Crippen MR) is 71.4 cm³/mol. The smallest absolute Gasteiger partial charge is 0.408 e. The highest BCUT2D eigenvalue weighted by molar-refractivity contribution is 7.90. The van der Waals surface area contributed by atoms with Crippen LogP contribution in [0.5, 0.6) is 0 Å². The Morgan fingerprint density at radius 3 is 2.60 bits per heavy atom. The molecule has 0 aromatic carbocycles. The average molecular weight is 303 g/mol.